The molecular formula is C10H19F3IN3S. The quantitative estimate of drug-likeness (QED) is 0.345. The molecule has 18 heavy (non-hydrogen) atoms. The maximum atomic E-state index is 11.9. The largest absolute Gasteiger partial charge is 0.441 e. The first-order chi connectivity index (χ1) is 7.99. The third kappa shape index (κ3) is 8.28. The molecule has 0 saturated carbocycles. The van der Waals surface area contributed by atoms with Crippen LogP contribution in [0.4, 0.5) is 13.2 Å². The van der Waals surface area contributed by atoms with Gasteiger partial charge in [0.05, 0.1) is 6.54 Å². The molecule has 0 atom stereocenters. The fraction of sp³-hybridized carbons (Fsp3) is 0.900. The lowest BCUT2D eigenvalue weighted by molar-refractivity contribution is -0.0327. The van der Waals surface area contributed by atoms with E-state index in [0.717, 1.165) is 25.9 Å². The Hall–Kier alpha value is 0.140. The molecule has 2 N–H and O–H groups in total. The smallest absolute Gasteiger partial charge is 0.370 e. The Morgan fingerprint density at radius 1 is 1.17 bits per heavy atom. The van der Waals surface area contributed by atoms with E-state index in [9.17, 15) is 13.2 Å². The van der Waals surface area contributed by atoms with Crippen LogP contribution in [-0.2, 0) is 0 Å². The molecule has 0 aromatic rings. The van der Waals surface area contributed by atoms with Crippen LogP contribution in [0.25, 0.3) is 0 Å². The molecule has 0 aromatic carbocycles. The lowest BCUT2D eigenvalue weighted by Gasteiger charge is -2.21. The van der Waals surface area contributed by atoms with Gasteiger partial charge in [0.15, 0.2) is 5.96 Å². The summed E-state index contributed by atoms with van der Waals surface area (Å²) in [6.45, 7) is 1.84. The van der Waals surface area contributed by atoms with E-state index in [2.05, 4.69) is 4.99 Å². The summed E-state index contributed by atoms with van der Waals surface area (Å²) >= 11 is -0.0548. The molecule has 1 aliphatic heterocycles. The van der Waals surface area contributed by atoms with E-state index in [-0.39, 0.29) is 48.0 Å². The Morgan fingerprint density at radius 2 is 1.72 bits per heavy atom. The average molecular weight is 397 g/mol. The van der Waals surface area contributed by atoms with Crippen molar-refractivity contribution in [3.63, 3.8) is 0 Å². The second-order valence-corrected chi connectivity index (χ2v) is 5.10. The van der Waals surface area contributed by atoms with E-state index in [1.54, 1.807) is 0 Å². The van der Waals surface area contributed by atoms with Crippen molar-refractivity contribution >= 4 is 41.7 Å². The number of hydrogen-bond acceptors (Lipinski definition) is 2. The summed E-state index contributed by atoms with van der Waals surface area (Å²) in [6, 6.07) is 0. The molecule has 1 rings (SSSR count). The summed E-state index contributed by atoms with van der Waals surface area (Å²) in [5.74, 6) is 0.313. The summed E-state index contributed by atoms with van der Waals surface area (Å²) in [5.41, 5.74) is 1.58. The monoisotopic (exact) mass is 397 g/mol. The van der Waals surface area contributed by atoms with Gasteiger partial charge in [0.25, 0.3) is 0 Å². The number of thioether (sulfide) groups is 1. The molecule has 0 bridgehead atoms. The molecule has 108 valence electrons. The number of guanidine groups is 1. The van der Waals surface area contributed by atoms with Crippen LogP contribution in [0.2, 0.25) is 0 Å². The molecule has 3 nitrogen and oxygen atoms in total. The summed E-state index contributed by atoms with van der Waals surface area (Å²) in [5, 5.41) is 0. The Morgan fingerprint density at radius 3 is 2.22 bits per heavy atom. The van der Waals surface area contributed by atoms with E-state index in [1.807, 2.05) is 4.90 Å². The molecule has 0 amide bonds. The predicted molar refractivity (Wildman–Crippen MR) is 80.5 cm³/mol. The number of likely N-dealkylation sites (tertiary alicyclic amines) is 1. The van der Waals surface area contributed by atoms with E-state index >= 15 is 0 Å². The van der Waals surface area contributed by atoms with Gasteiger partial charge in [-0.3, -0.25) is 4.99 Å². The number of nitrogens with zero attached hydrogens (tertiary/aromatic N) is 2. The molecule has 1 heterocycles. The molecule has 0 aliphatic carbocycles. The van der Waals surface area contributed by atoms with Gasteiger partial charge >= 0.3 is 5.51 Å². The van der Waals surface area contributed by atoms with Crippen molar-refractivity contribution in [1.82, 2.24) is 4.90 Å². The molecule has 1 fully saturated rings. The zero-order valence-corrected chi connectivity index (χ0v) is 13.2. The van der Waals surface area contributed by atoms with E-state index in [0.29, 0.717) is 5.96 Å². The number of rotatable bonds is 3. The number of nitrogens with two attached hydrogens (primary N) is 1. The summed E-state index contributed by atoms with van der Waals surface area (Å²) in [7, 11) is 0. The van der Waals surface area contributed by atoms with E-state index in [4.69, 9.17) is 5.73 Å². The first-order valence-corrected chi connectivity index (χ1v) is 6.73. The second kappa shape index (κ2) is 9.11. The molecule has 0 unspecified atom stereocenters. The SMILES string of the molecule is I.NC(=NCCSC(F)(F)F)N1CCCCCC1. The average Bonchev–Trinajstić information content (AvgIpc) is 2.51. The van der Waals surface area contributed by atoms with Crippen molar-refractivity contribution in [3.8, 4) is 0 Å². The molecule has 0 radical (unpaired) electrons. The van der Waals surface area contributed by atoms with Crippen molar-refractivity contribution < 1.29 is 13.2 Å². The third-order valence-electron chi connectivity index (χ3n) is 2.56. The van der Waals surface area contributed by atoms with Gasteiger partial charge in [0.2, 0.25) is 0 Å². The van der Waals surface area contributed by atoms with Crippen molar-refractivity contribution in [2.75, 3.05) is 25.4 Å². The summed E-state index contributed by atoms with van der Waals surface area (Å²) in [6.07, 6.45) is 4.53. The maximum absolute atomic E-state index is 11.9. The topological polar surface area (TPSA) is 41.6 Å². The second-order valence-electron chi connectivity index (χ2n) is 3.94. The van der Waals surface area contributed by atoms with Crippen LogP contribution in [0.5, 0.6) is 0 Å². The molecule has 1 aliphatic rings. The first-order valence-electron chi connectivity index (χ1n) is 5.74. The van der Waals surface area contributed by atoms with Gasteiger partial charge in [-0.2, -0.15) is 13.2 Å². The van der Waals surface area contributed by atoms with Crippen molar-refractivity contribution in [3.05, 3.63) is 0 Å². The fourth-order valence-corrected chi connectivity index (χ4v) is 2.14. The van der Waals surface area contributed by atoms with Crippen LogP contribution in [0.3, 0.4) is 0 Å². The van der Waals surface area contributed by atoms with Crippen molar-refractivity contribution in [2.45, 2.75) is 31.2 Å². The first kappa shape index (κ1) is 18.1. The molecule has 0 aromatic heterocycles. The summed E-state index contributed by atoms with van der Waals surface area (Å²) in [4.78, 5) is 5.96. The number of hydrogen-bond donors (Lipinski definition) is 1. The molecule has 8 heteroatoms. The van der Waals surface area contributed by atoms with Gasteiger partial charge in [-0.05, 0) is 24.6 Å². The summed E-state index contributed by atoms with van der Waals surface area (Å²) < 4.78 is 35.6. The highest BCUT2D eigenvalue weighted by molar-refractivity contribution is 14.0. The Balaban J connectivity index is 0.00000289. The number of halogens is 4. The van der Waals surface area contributed by atoms with Gasteiger partial charge in [0.1, 0.15) is 0 Å². The van der Waals surface area contributed by atoms with Crippen LogP contribution < -0.4 is 5.73 Å². The molecule has 1 saturated heterocycles. The van der Waals surface area contributed by atoms with E-state index < -0.39 is 5.51 Å². The Labute approximate surface area is 127 Å². The minimum Gasteiger partial charge on any atom is -0.370 e. The number of aliphatic imine (C=N–C) groups is 1. The van der Waals surface area contributed by atoms with Crippen LogP contribution in [0.1, 0.15) is 25.7 Å². The maximum Gasteiger partial charge on any atom is 0.441 e. The van der Waals surface area contributed by atoms with E-state index in [1.165, 1.54) is 12.8 Å². The highest BCUT2D eigenvalue weighted by atomic mass is 127. The number of alkyl halides is 3. The lowest BCUT2D eigenvalue weighted by Crippen LogP contribution is -2.38. The standard InChI is InChI=1S/C10H18F3N3S.HI/c11-10(12,13)17-8-5-15-9(14)16-6-3-1-2-4-7-16;/h1-8H2,(H2,14,15);1H. The van der Waals surface area contributed by atoms with Crippen molar-refractivity contribution in [1.29, 1.82) is 0 Å². The van der Waals surface area contributed by atoms with Gasteiger partial charge in [-0.15, -0.1) is 24.0 Å². The van der Waals surface area contributed by atoms with Crippen LogP contribution >= 0.6 is 35.7 Å². The Bertz CT molecular complexity index is 253. The van der Waals surface area contributed by atoms with Crippen LogP contribution in [0.15, 0.2) is 4.99 Å². The van der Waals surface area contributed by atoms with Gasteiger partial charge in [-0.1, -0.05) is 12.8 Å². The highest BCUT2D eigenvalue weighted by Crippen LogP contribution is 2.29. The van der Waals surface area contributed by atoms with Gasteiger partial charge < -0.3 is 10.6 Å². The highest BCUT2D eigenvalue weighted by Gasteiger charge is 2.27. The molecular weight excluding hydrogens is 378 g/mol. The third-order valence-corrected chi connectivity index (χ3v) is 3.27. The van der Waals surface area contributed by atoms with Crippen molar-refractivity contribution in [2.24, 2.45) is 10.7 Å². The minimum absolute atomic E-state index is 0. The normalized spacial score (nSPS) is 18.2. The minimum atomic E-state index is -4.17. The molecule has 0 spiro atoms. The van der Waals surface area contributed by atoms with Crippen LogP contribution in [0, 0.1) is 0 Å². The van der Waals surface area contributed by atoms with Crippen LogP contribution in [-0.4, -0.2) is 41.8 Å². The van der Waals surface area contributed by atoms with Gasteiger partial charge in [-0.25, -0.2) is 0 Å². The fourth-order valence-electron chi connectivity index (χ4n) is 1.72. The zero-order valence-electron chi connectivity index (χ0n) is 10.1. The Kier molecular flexibility index (Phi) is 9.18. The zero-order chi connectivity index (χ0) is 12.7. The lowest BCUT2D eigenvalue weighted by atomic mass is 10.2. The van der Waals surface area contributed by atoms with Gasteiger partial charge in [0, 0.05) is 18.8 Å². The predicted octanol–water partition coefficient (Wildman–Crippen LogP) is 3.05.